The molecule has 2 rings (SSSR count). The summed E-state index contributed by atoms with van der Waals surface area (Å²) < 4.78 is 4.88. The molecular formula is C14H20N2O2. The van der Waals surface area contributed by atoms with Gasteiger partial charge in [0.15, 0.2) is 0 Å². The van der Waals surface area contributed by atoms with Crippen molar-refractivity contribution in [1.29, 1.82) is 0 Å². The van der Waals surface area contributed by atoms with Crippen LogP contribution in [0.3, 0.4) is 0 Å². The molecule has 1 aromatic rings. The Morgan fingerprint density at radius 1 is 1.28 bits per heavy atom. The van der Waals surface area contributed by atoms with E-state index in [0.29, 0.717) is 0 Å². The van der Waals surface area contributed by atoms with Crippen LogP contribution in [-0.2, 0) is 9.53 Å². The van der Waals surface area contributed by atoms with Gasteiger partial charge in [0.05, 0.1) is 0 Å². The molecular weight excluding hydrogens is 228 g/mol. The maximum Gasteiger partial charge on any atom is 0.248 e. The van der Waals surface area contributed by atoms with E-state index in [-0.39, 0.29) is 12.5 Å². The third-order valence-corrected chi connectivity index (χ3v) is 3.27. The molecule has 1 fully saturated rings. The minimum Gasteiger partial charge on any atom is -0.375 e. The lowest BCUT2D eigenvalue weighted by Crippen LogP contribution is -2.49. The zero-order chi connectivity index (χ0) is 13.0. The molecule has 0 radical (unpaired) electrons. The molecule has 0 aliphatic carbocycles. The topological polar surface area (TPSA) is 32.8 Å². The van der Waals surface area contributed by atoms with E-state index in [2.05, 4.69) is 36.1 Å². The maximum atomic E-state index is 11.7. The zero-order valence-electron chi connectivity index (χ0n) is 11.1. The summed E-state index contributed by atoms with van der Waals surface area (Å²) in [5, 5.41) is 0. The fourth-order valence-corrected chi connectivity index (χ4v) is 2.25. The number of carbonyl (C=O) groups is 1. The van der Waals surface area contributed by atoms with Crippen molar-refractivity contribution in [3.63, 3.8) is 0 Å². The molecule has 0 aromatic heterocycles. The first kappa shape index (κ1) is 12.9. The summed E-state index contributed by atoms with van der Waals surface area (Å²) in [6.07, 6.45) is 0. The van der Waals surface area contributed by atoms with E-state index in [0.717, 1.165) is 26.2 Å². The van der Waals surface area contributed by atoms with E-state index in [1.165, 1.54) is 11.3 Å². The van der Waals surface area contributed by atoms with E-state index in [1.54, 1.807) is 7.11 Å². The van der Waals surface area contributed by atoms with Crippen molar-refractivity contribution in [3.8, 4) is 0 Å². The number of hydrogen-bond donors (Lipinski definition) is 0. The number of rotatable bonds is 3. The molecule has 18 heavy (non-hydrogen) atoms. The van der Waals surface area contributed by atoms with Crippen LogP contribution in [0.15, 0.2) is 24.3 Å². The van der Waals surface area contributed by atoms with Crippen LogP contribution in [-0.4, -0.2) is 50.7 Å². The standard InChI is InChI=1S/C14H20N2O2/c1-12-4-3-5-13(10-12)15-6-8-16(9-7-15)14(17)11-18-2/h3-5,10H,6-9,11H2,1-2H3. The van der Waals surface area contributed by atoms with Gasteiger partial charge in [-0.1, -0.05) is 12.1 Å². The smallest absolute Gasteiger partial charge is 0.248 e. The summed E-state index contributed by atoms with van der Waals surface area (Å²) in [5.74, 6) is 0.0846. The monoisotopic (exact) mass is 248 g/mol. The summed E-state index contributed by atoms with van der Waals surface area (Å²) in [4.78, 5) is 15.9. The van der Waals surface area contributed by atoms with E-state index in [9.17, 15) is 4.79 Å². The SMILES string of the molecule is COCC(=O)N1CCN(c2cccc(C)c2)CC1. The van der Waals surface area contributed by atoms with Gasteiger partial charge in [0.1, 0.15) is 6.61 Å². The van der Waals surface area contributed by atoms with Crippen LogP contribution in [0.1, 0.15) is 5.56 Å². The summed E-state index contributed by atoms with van der Waals surface area (Å²) in [6.45, 7) is 5.61. The van der Waals surface area contributed by atoms with Gasteiger partial charge in [-0.15, -0.1) is 0 Å². The fraction of sp³-hybridized carbons (Fsp3) is 0.500. The number of benzene rings is 1. The fourth-order valence-electron chi connectivity index (χ4n) is 2.25. The molecule has 1 aliphatic rings. The summed E-state index contributed by atoms with van der Waals surface area (Å²) >= 11 is 0. The largest absolute Gasteiger partial charge is 0.375 e. The number of aryl methyl sites for hydroxylation is 1. The molecule has 4 nitrogen and oxygen atoms in total. The molecule has 1 aliphatic heterocycles. The highest BCUT2D eigenvalue weighted by molar-refractivity contribution is 5.77. The van der Waals surface area contributed by atoms with Crippen LogP contribution in [0.2, 0.25) is 0 Å². The third-order valence-electron chi connectivity index (χ3n) is 3.27. The van der Waals surface area contributed by atoms with Crippen LogP contribution in [0.5, 0.6) is 0 Å². The lowest BCUT2D eigenvalue weighted by atomic mass is 10.2. The van der Waals surface area contributed by atoms with Crippen molar-refractivity contribution < 1.29 is 9.53 Å². The van der Waals surface area contributed by atoms with E-state index in [1.807, 2.05) is 4.90 Å². The Kier molecular flexibility index (Phi) is 4.20. The molecule has 0 unspecified atom stereocenters. The van der Waals surface area contributed by atoms with E-state index >= 15 is 0 Å². The van der Waals surface area contributed by atoms with Crippen molar-refractivity contribution in [3.05, 3.63) is 29.8 Å². The lowest BCUT2D eigenvalue weighted by Gasteiger charge is -2.36. The number of nitrogens with zero attached hydrogens (tertiary/aromatic N) is 2. The van der Waals surface area contributed by atoms with Crippen molar-refractivity contribution in [2.75, 3.05) is 44.8 Å². The van der Waals surface area contributed by atoms with Crippen molar-refractivity contribution in [1.82, 2.24) is 4.90 Å². The lowest BCUT2D eigenvalue weighted by molar-refractivity contribution is -0.135. The number of hydrogen-bond acceptors (Lipinski definition) is 3. The van der Waals surface area contributed by atoms with Crippen molar-refractivity contribution in [2.24, 2.45) is 0 Å². The molecule has 1 aromatic carbocycles. The first-order chi connectivity index (χ1) is 8.70. The van der Waals surface area contributed by atoms with Gasteiger partial charge in [-0.3, -0.25) is 4.79 Å². The van der Waals surface area contributed by atoms with Gasteiger partial charge in [0, 0.05) is 39.0 Å². The highest BCUT2D eigenvalue weighted by Crippen LogP contribution is 2.17. The van der Waals surface area contributed by atoms with Gasteiger partial charge in [-0.2, -0.15) is 0 Å². The second-order valence-corrected chi connectivity index (χ2v) is 4.64. The molecule has 1 saturated heterocycles. The minimum atomic E-state index is 0.0846. The molecule has 4 heteroatoms. The van der Waals surface area contributed by atoms with E-state index in [4.69, 9.17) is 4.74 Å². The predicted octanol–water partition coefficient (Wildman–Crippen LogP) is 1.29. The Balaban J connectivity index is 1.92. The molecule has 1 amide bonds. The Labute approximate surface area is 108 Å². The first-order valence-electron chi connectivity index (χ1n) is 6.29. The van der Waals surface area contributed by atoms with Crippen LogP contribution >= 0.6 is 0 Å². The first-order valence-corrected chi connectivity index (χ1v) is 6.29. The number of carbonyl (C=O) groups excluding carboxylic acids is 1. The van der Waals surface area contributed by atoms with Crippen molar-refractivity contribution in [2.45, 2.75) is 6.92 Å². The molecule has 0 N–H and O–H groups in total. The zero-order valence-corrected chi connectivity index (χ0v) is 11.1. The maximum absolute atomic E-state index is 11.7. The molecule has 0 spiro atoms. The number of anilines is 1. The molecule has 1 heterocycles. The van der Waals surface area contributed by atoms with Crippen molar-refractivity contribution >= 4 is 11.6 Å². The highest BCUT2D eigenvalue weighted by atomic mass is 16.5. The number of methoxy groups -OCH3 is 1. The minimum absolute atomic E-state index is 0.0846. The molecule has 98 valence electrons. The van der Waals surface area contributed by atoms with Gasteiger partial charge in [-0.25, -0.2) is 0 Å². The number of ether oxygens (including phenoxy) is 1. The van der Waals surface area contributed by atoms with Gasteiger partial charge < -0.3 is 14.5 Å². The van der Waals surface area contributed by atoms with Gasteiger partial charge in [0.2, 0.25) is 5.91 Å². The Morgan fingerprint density at radius 2 is 2.00 bits per heavy atom. The Morgan fingerprint density at radius 3 is 2.61 bits per heavy atom. The van der Waals surface area contributed by atoms with E-state index < -0.39 is 0 Å². The van der Waals surface area contributed by atoms with Crippen LogP contribution < -0.4 is 4.90 Å². The molecule has 0 bridgehead atoms. The van der Waals surface area contributed by atoms with Gasteiger partial charge in [-0.05, 0) is 24.6 Å². The normalized spacial score (nSPS) is 15.9. The van der Waals surface area contributed by atoms with Crippen LogP contribution in [0, 0.1) is 6.92 Å². The average Bonchev–Trinajstić information content (AvgIpc) is 2.39. The highest BCUT2D eigenvalue weighted by Gasteiger charge is 2.20. The van der Waals surface area contributed by atoms with Gasteiger partial charge in [0.25, 0.3) is 0 Å². The van der Waals surface area contributed by atoms with Gasteiger partial charge >= 0.3 is 0 Å². The Hall–Kier alpha value is -1.55. The average molecular weight is 248 g/mol. The number of amides is 1. The quantitative estimate of drug-likeness (QED) is 0.808. The summed E-state index contributed by atoms with van der Waals surface area (Å²) in [6, 6.07) is 8.49. The molecule has 0 atom stereocenters. The second-order valence-electron chi connectivity index (χ2n) is 4.64. The molecule has 0 saturated carbocycles. The number of piperazine rings is 1. The van der Waals surface area contributed by atoms with Crippen LogP contribution in [0.25, 0.3) is 0 Å². The Bertz CT molecular complexity index is 412. The third kappa shape index (κ3) is 3.01. The summed E-state index contributed by atoms with van der Waals surface area (Å²) in [7, 11) is 1.56. The predicted molar refractivity (Wildman–Crippen MR) is 71.8 cm³/mol. The second kappa shape index (κ2) is 5.87. The summed E-state index contributed by atoms with van der Waals surface area (Å²) in [5.41, 5.74) is 2.51. The van der Waals surface area contributed by atoms with Crippen LogP contribution in [0.4, 0.5) is 5.69 Å².